The first kappa shape index (κ1) is 15.1. The molecule has 1 N–H and O–H groups in total. The lowest BCUT2D eigenvalue weighted by molar-refractivity contribution is 0.0914. The van der Waals surface area contributed by atoms with E-state index in [-0.39, 0.29) is 12.7 Å². The fraction of sp³-hybridized carbons (Fsp3) is 0.176. The van der Waals surface area contributed by atoms with Gasteiger partial charge >= 0.3 is 11.8 Å². The van der Waals surface area contributed by atoms with Crippen molar-refractivity contribution in [2.45, 2.75) is 13.0 Å². The van der Waals surface area contributed by atoms with E-state index in [0.29, 0.717) is 30.4 Å². The van der Waals surface area contributed by atoms with Crippen molar-refractivity contribution in [3.05, 3.63) is 65.6 Å². The Morgan fingerprint density at radius 2 is 2.04 bits per heavy atom. The minimum absolute atomic E-state index is 0.0698. The fourth-order valence-electron chi connectivity index (χ4n) is 2.40. The topological polar surface area (TPSA) is 99.4 Å². The molecule has 0 bridgehead atoms. The van der Waals surface area contributed by atoms with Gasteiger partial charge in [0.05, 0.1) is 6.42 Å². The summed E-state index contributed by atoms with van der Waals surface area (Å²) < 4.78 is 16.0. The smallest absolute Gasteiger partial charge is 0.309 e. The summed E-state index contributed by atoms with van der Waals surface area (Å²) in [5, 5.41) is 10.4. The highest BCUT2D eigenvalue weighted by atomic mass is 16.7. The number of ether oxygens (including phenoxy) is 2. The van der Waals surface area contributed by atoms with Gasteiger partial charge in [-0.15, -0.1) is 10.2 Å². The molecule has 0 unspecified atom stereocenters. The maximum Gasteiger partial charge on any atom is 0.309 e. The monoisotopic (exact) mass is 338 g/mol. The van der Waals surface area contributed by atoms with E-state index in [1.165, 1.54) is 0 Å². The molecule has 1 aliphatic heterocycles. The zero-order chi connectivity index (χ0) is 17.1. The van der Waals surface area contributed by atoms with Gasteiger partial charge < -0.3 is 19.2 Å². The van der Waals surface area contributed by atoms with E-state index in [0.717, 1.165) is 11.1 Å². The standard InChI is InChI=1S/C17H14N4O4/c22-16(19-9-12-2-1-5-18-8-12)17-21-20-15(25-17)7-11-3-4-13-14(6-11)24-10-23-13/h1-6,8H,7,9-10H2,(H,19,22). The molecule has 0 atom stereocenters. The van der Waals surface area contributed by atoms with Crippen molar-refractivity contribution in [3.8, 4) is 11.5 Å². The molecule has 3 aromatic rings. The van der Waals surface area contributed by atoms with Crippen LogP contribution in [0.25, 0.3) is 0 Å². The number of rotatable bonds is 5. The zero-order valence-corrected chi connectivity index (χ0v) is 13.1. The van der Waals surface area contributed by atoms with Crippen molar-refractivity contribution >= 4 is 5.91 Å². The van der Waals surface area contributed by atoms with Crippen LogP contribution in [0.2, 0.25) is 0 Å². The second kappa shape index (κ2) is 6.60. The average molecular weight is 338 g/mol. The number of aromatic nitrogens is 3. The average Bonchev–Trinajstić information content (AvgIpc) is 3.29. The Bertz CT molecular complexity index is 895. The van der Waals surface area contributed by atoms with E-state index >= 15 is 0 Å². The Kier molecular flexibility index (Phi) is 3.99. The van der Waals surface area contributed by atoms with E-state index in [1.807, 2.05) is 24.3 Å². The first-order valence-electron chi connectivity index (χ1n) is 7.66. The molecule has 3 heterocycles. The summed E-state index contributed by atoms with van der Waals surface area (Å²) in [6.07, 6.45) is 3.75. The number of benzene rings is 1. The van der Waals surface area contributed by atoms with Crippen molar-refractivity contribution < 1.29 is 18.7 Å². The number of fused-ring (bicyclic) bond motifs is 1. The third-order valence-corrected chi connectivity index (χ3v) is 3.63. The molecule has 0 fully saturated rings. The van der Waals surface area contributed by atoms with Crippen molar-refractivity contribution in [3.63, 3.8) is 0 Å². The minimum atomic E-state index is -0.423. The van der Waals surface area contributed by atoms with Gasteiger partial charge in [0.15, 0.2) is 11.5 Å². The largest absolute Gasteiger partial charge is 0.454 e. The highest BCUT2D eigenvalue weighted by molar-refractivity contribution is 5.89. The van der Waals surface area contributed by atoms with Gasteiger partial charge in [0.1, 0.15) is 0 Å². The van der Waals surface area contributed by atoms with Crippen LogP contribution in [0, 0.1) is 0 Å². The van der Waals surface area contributed by atoms with E-state index in [1.54, 1.807) is 18.5 Å². The number of carbonyl (C=O) groups is 1. The summed E-state index contributed by atoms with van der Waals surface area (Å²) in [6.45, 7) is 0.563. The van der Waals surface area contributed by atoms with Gasteiger partial charge in [-0.1, -0.05) is 12.1 Å². The number of carbonyl (C=O) groups excluding carboxylic acids is 1. The fourth-order valence-corrected chi connectivity index (χ4v) is 2.40. The zero-order valence-electron chi connectivity index (χ0n) is 13.1. The van der Waals surface area contributed by atoms with E-state index in [2.05, 4.69) is 20.5 Å². The number of amides is 1. The Morgan fingerprint density at radius 1 is 1.12 bits per heavy atom. The number of pyridine rings is 1. The lowest BCUT2D eigenvalue weighted by atomic mass is 10.1. The van der Waals surface area contributed by atoms with E-state index < -0.39 is 5.91 Å². The lowest BCUT2D eigenvalue weighted by Crippen LogP contribution is -2.23. The highest BCUT2D eigenvalue weighted by Crippen LogP contribution is 2.32. The molecule has 126 valence electrons. The number of nitrogens with one attached hydrogen (secondary N) is 1. The molecule has 1 amide bonds. The van der Waals surface area contributed by atoms with Crippen molar-refractivity contribution in [1.29, 1.82) is 0 Å². The molecule has 1 aliphatic rings. The van der Waals surface area contributed by atoms with Gasteiger partial charge in [0.25, 0.3) is 0 Å². The molecule has 2 aromatic heterocycles. The summed E-state index contributed by atoms with van der Waals surface area (Å²) in [7, 11) is 0. The Hall–Kier alpha value is -3.42. The van der Waals surface area contributed by atoms with Crippen LogP contribution in [-0.4, -0.2) is 27.9 Å². The predicted octanol–water partition coefficient (Wildman–Crippen LogP) is 1.71. The van der Waals surface area contributed by atoms with Gasteiger partial charge in [-0.2, -0.15) is 0 Å². The van der Waals surface area contributed by atoms with Crippen molar-refractivity contribution in [2.75, 3.05) is 6.79 Å². The van der Waals surface area contributed by atoms with Crippen LogP contribution in [0.4, 0.5) is 0 Å². The van der Waals surface area contributed by atoms with Gasteiger partial charge in [0, 0.05) is 18.9 Å². The SMILES string of the molecule is O=C(NCc1cccnc1)c1nnc(Cc2ccc3c(c2)OCO3)o1. The molecule has 8 heteroatoms. The molecule has 4 rings (SSSR count). The van der Waals surface area contributed by atoms with Gasteiger partial charge in [-0.25, -0.2) is 0 Å². The number of hydrogen-bond acceptors (Lipinski definition) is 7. The van der Waals surface area contributed by atoms with Gasteiger partial charge in [-0.05, 0) is 29.3 Å². The molecular formula is C17H14N4O4. The molecule has 0 aliphatic carbocycles. The quantitative estimate of drug-likeness (QED) is 0.756. The van der Waals surface area contributed by atoms with E-state index in [9.17, 15) is 4.79 Å². The minimum Gasteiger partial charge on any atom is -0.454 e. The Labute approximate surface area is 142 Å². The maximum atomic E-state index is 12.1. The van der Waals surface area contributed by atoms with E-state index in [4.69, 9.17) is 13.9 Å². The second-order valence-electron chi connectivity index (χ2n) is 5.41. The first-order chi connectivity index (χ1) is 12.3. The van der Waals surface area contributed by atoms with Crippen LogP contribution in [0.3, 0.4) is 0 Å². The third-order valence-electron chi connectivity index (χ3n) is 3.63. The Balaban J connectivity index is 1.39. The molecule has 0 spiro atoms. The second-order valence-corrected chi connectivity index (χ2v) is 5.41. The van der Waals surface area contributed by atoms with Crippen molar-refractivity contribution in [2.24, 2.45) is 0 Å². The van der Waals surface area contributed by atoms with Gasteiger partial charge in [0.2, 0.25) is 12.7 Å². The third kappa shape index (κ3) is 3.42. The van der Waals surface area contributed by atoms with Crippen LogP contribution in [0.5, 0.6) is 11.5 Å². The normalized spacial score (nSPS) is 12.2. The van der Waals surface area contributed by atoms with Crippen LogP contribution >= 0.6 is 0 Å². The number of hydrogen-bond donors (Lipinski definition) is 1. The summed E-state index contributed by atoms with van der Waals surface area (Å²) in [4.78, 5) is 16.1. The molecule has 0 saturated carbocycles. The first-order valence-corrected chi connectivity index (χ1v) is 7.66. The predicted molar refractivity (Wildman–Crippen MR) is 85.1 cm³/mol. The van der Waals surface area contributed by atoms with Crippen LogP contribution in [0.1, 0.15) is 27.7 Å². The van der Waals surface area contributed by atoms with Gasteiger partial charge in [-0.3, -0.25) is 9.78 Å². The highest BCUT2D eigenvalue weighted by Gasteiger charge is 2.17. The van der Waals surface area contributed by atoms with Crippen molar-refractivity contribution in [1.82, 2.24) is 20.5 Å². The molecule has 0 saturated heterocycles. The molecule has 8 nitrogen and oxygen atoms in total. The Morgan fingerprint density at radius 3 is 2.92 bits per heavy atom. The summed E-state index contributed by atoms with van der Waals surface area (Å²) in [6, 6.07) is 9.24. The number of nitrogens with zero attached hydrogens (tertiary/aromatic N) is 3. The molecular weight excluding hydrogens is 324 g/mol. The maximum absolute atomic E-state index is 12.1. The summed E-state index contributed by atoms with van der Waals surface area (Å²) in [5.74, 6) is 1.26. The summed E-state index contributed by atoms with van der Waals surface area (Å²) in [5.41, 5.74) is 1.81. The van der Waals surface area contributed by atoms with Crippen LogP contribution < -0.4 is 14.8 Å². The summed E-state index contributed by atoms with van der Waals surface area (Å²) >= 11 is 0. The molecule has 25 heavy (non-hydrogen) atoms. The molecule has 1 aromatic carbocycles. The van der Waals surface area contributed by atoms with Crippen LogP contribution in [-0.2, 0) is 13.0 Å². The molecule has 0 radical (unpaired) electrons. The lowest BCUT2D eigenvalue weighted by Gasteiger charge is -2.01. The van der Waals surface area contributed by atoms with Crippen LogP contribution in [0.15, 0.2) is 47.1 Å².